The number of hydrogen-bond acceptors (Lipinski definition) is 3. The van der Waals surface area contributed by atoms with Crippen LogP contribution in [0.3, 0.4) is 0 Å². The number of halogens is 1. The highest BCUT2D eigenvalue weighted by atomic mass is 79.9. The Hall–Kier alpha value is -1.40. The summed E-state index contributed by atoms with van der Waals surface area (Å²) in [6, 6.07) is 6.41. The highest BCUT2D eigenvalue weighted by molar-refractivity contribution is 9.10. The van der Waals surface area contributed by atoms with Crippen LogP contribution in [0.4, 0.5) is 0 Å². The van der Waals surface area contributed by atoms with Crippen molar-refractivity contribution in [1.29, 1.82) is 0 Å². The normalized spacial score (nSPS) is 19.6. The predicted molar refractivity (Wildman–Crippen MR) is 76.4 cm³/mol. The quantitative estimate of drug-likeness (QED) is 0.855. The topological polar surface area (TPSA) is 75.6 Å². The van der Waals surface area contributed by atoms with Gasteiger partial charge in [0.05, 0.1) is 0 Å². The lowest BCUT2D eigenvalue weighted by molar-refractivity contribution is -0.143. The van der Waals surface area contributed by atoms with Gasteiger partial charge in [-0.25, -0.2) is 4.79 Å². The van der Waals surface area contributed by atoms with E-state index in [-0.39, 0.29) is 12.3 Å². The second-order valence-electron chi connectivity index (χ2n) is 4.70. The maximum Gasteiger partial charge on any atom is 0.326 e. The number of aliphatic carboxylic acids is 1. The van der Waals surface area contributed by atoms with Crippen LogP contribution in [0.2, 0.25) is 0 Å². The maximum absolute atomic E-state index is 11.9. The molecule has 6 heteroatoms. The van der Waals surface area contributed by atoms with Gasteiger partial charge in [-0.05, 0) is 24.5 Å². The molecule has 1 aliphatic rings. The molecule has 2 rings (SSSR count). The fraction of sp³-hybridized carbons (Fsp3) is 0.429. The molecule has 0 radical (unpaired) electrons. The number of nitrogens with one attached hydrogen (secondary N) is 1. The monoisotopic (exact) mass is 341 g/mol. The van der Waals surface area contributed by atoms with Crippen LogP contribution in [0.1, 0.15) is 18.4 Å². The minimum absolute atomic E-state index is 0.231. The van der Waals surface area contributed by atoms with E-state index in [1.165, 1.54) is 0 Å². The molecule has 2 N–H and O–H groups in total. The molecule has 20 heavy (non-hydrogen) atoms. The number of amides is 1. The van der Waals surface area contributed by atoms with Crippen LogP contribution in [-0.2, 0) is 20.7 Å². The van der Waals surface area contributed by atoms with Gasteiger partial charge in [0.2, 0.25) is 5.91 Å². The maximum atomic E-state index is 11.9. The molecule has 1 amide bonds. The van der Waals surface area contributed by atoms with Crippen molar-refractivity contribution >= 4 is 27.8 Å². The van der Waals surface area contributed by atoms with Crippen molar-refractivity contribution in [3.05, 3.63) is 34.3 Å². The van der Waals surface area contributed by atoms with E-state index in [2.05, 4.69) is 21.2 Å². The zero-order chi connectivity index (χ0) is 14.5. The zero-order valence-electron chi connectivity index (χ0n) is 10.8. The highest BCUT2D eigenvalue weighted by Crippen LogP contribution is 2.18. The van der Waals surface area contributed by atoms with Crippen LogP contribution in [-0.4, -0.2) is 35.7 Å². The van der Waals surface area contributed by atoms with Gasteiger partial charge in [-0.1, -0.05) is 34.1 Å². The van der Waals surface area contributed by atoms with Crippen molar-refractivity contribution in [3.63, 3.8) is 0 Å². The first-order chi connectivity index (χ1) is 9.58. The summed E-state index contributed by atoms with van der Waals surface area (Å²) in [5.41, 5.74) is 0.840. The van der Waals surface area contributed by atoms with Crippen LogP contribution in [0, 0.1) is 0 Å². The van der Waals surface area contributed by atoms with Gasteiger partial charge in [0.15, 0.2) is 0 Å². The van der Waals surface area contributed by atoms with Crippen LogP contribution in [0.15, 0.2) is 28.7 Å². The van der Waals surface area contributed by atoms with Crippen molar-refractivity contribution in [2.24, 2.45) is 0 Å². The summed E-state index contributed by atoms with van der Waals surface area (Å²) in [7, 11) is 0. The number of ether oxygens (including phenoxy) is 1. The number of carbonyl (C=O) groups is 2. The fourth-order valence-corrected chi connectivity index (χ4v) is 2.58. The molecule has 0 bridgehead atoms. The predicted octanol–water partition coefficient (Wildman–Crippen LogP) is 1.74. The van der Waals surface area contributed by atoms with E-state index in [0.717, 1.165) is 16.5 Å². The van der Waals surface area contributed by atoms with Crippen molar-refractivity contribution in [2.45, 2.75) is 31.4 Å². The summed E-state index contributed by atoms with van der Waals surface area (Å²) >= 11 is 3.38. The Labute approximate surface area is 125 Å². The Balaban J connectivity index is 2.02. The minimum Gasteiger partial charge on any atom is -0.480 e. The minimum atomic E-state index is -1.05. The second kappa shape index (κ2) is 6.85. The fourth-order valence-electron chi connectivity index (χ4n) is 2.13. The van der Waals surface area contributed by atoms with Gasteiger partial charge in [-0.3, -0.25) is 4.79 Å². The molecule has 5 nitrogen and oxygen atoms in total. The first-order valence-electron chi connectivity index (χ1n) is 6.46. The Morgan fingerprint density at radius 1 is 1.45 bits per heavy atom. The molecule has 1 heterocycles. The smallest absolute Gasteiger partial charge is 0.326 e. The lowest BCUT2D eigenvalue weighted by Crippen LogP contribution is -2.46. The summed E-state index contributed by atoms with van der Waals surface area (Å²) in [6.07, 6.45) is 1.19. The Morgan fingerprint density at radius 3 is 2.80 bits per heavy atom. The Morgan fingerprint density at radius 2 is 2.20 bits per heavy atom. The molecule has 1 fully saturated rings. The first-order valence-corrected chi connectivity index (χ1v) is 7.25. The van der Waals surface area contributed by atoms with Gasteiger partial charge in [0, 0.05) is 17.5 Å². The molecule has 1 aliphatic heterocycles. The van der Waals surface area contributed by atoms with Crippen molar-refractivity contribution in [3.8, 4) is 0 Å². The molecule has 0 aromatic heterocycles. The molecule has 0 spiro atoms. The molecular formula is C14H16BrNO4. The second-order valence-corrected chi connectivity index (χ2v) is 5.55. The molecule has 108 valence electrons. The van der Waals surface area contributed by atoms with Crippen LogP contribution >= 0.6 is 15.9 Å². The third kappa shape index (κ3) is 3.80. The summed E-state index contributed by atoms with van der Waals surface area (Å²) in [6.45, 7) is 0.556. The van der Waals surface area contributed by atoms with Gasteiger partial charge < -0.3 is 15.2 Å². The first kappa shape index (κ1) is 15.0. The number of carbonyl (C=O) groups excluding carboxylic acids is 1. The van der Waals surface area contributed by atoms with Crippen molar-refractivity contribution in [2.75, 3.05) is 6.61 Å². The van der Waals surface area contributed by atoms with E-state index in [0.29, 0.717) is 13.0 Å². The molecule has 1 aromatic carbocycles. The molecule has 0 aliphatic carbocycles. The highest BCUT2D eigenvalue weighted by Gasteiger charge is 2.28. The van der Waals surface area contributed by atoms with Gasteiger partial charge in [0.1, 0.15) is 12.1 Å². The Bertz CT molecular complexity index is 500. The molecule has 0 saturated carbocycles. The van der Waals surface area contributed by atoms with Gasteiger partial charge >= 0.3 is 5.97 Å². The lowest BCUT2D eigenvalue weighted by atomic mass is 10.1. The summed E-state index contributed by atoms with van der Waals surface area (Å²) in [5.74, 6) is -1.39. The molecule has 0 unspecified atom stereocenters. The average Bonchev–Trinajstić information content (AvgIpc) is 2.94. The van der Waals surface area contributed by atoms with Crippen molar-refractivity contribution in [1.82, 2.24) is 5.32 Å². The molecular weight excluding hydrogens is 326 g/mol. The van der Waals surface area contributed by atoms with Crippen LogP contribution < -0.4 is 5.32 Å². The van der Waals surface area contributed by atoms with Gasteiger partial charge in [-0.2, -0.15) is 0 Å². The van der Waals surface area contributed by atoms with E-state index in [9.17, 15) is 14.7 Å². The third-order valence-corrected chi connectivity index (χ3v) is 3.99. The Kier molecular flexibility index (Phi) is 5.14. The summed E-state index contributed by atoms with van der Waals surface area (Å²) in [5, 5.41) is 11.8. The number of carboxylic acids is 1. The largest absolute Gasteiger partial charge is 0.480 e. The SMILES string of the molecule is O=C(O)[C@H](Cc1ccccc1Br)NC(=O)[C@H]1CCCO1. The molecule has 2 atom stereocenters. The van der Waals surface area contributed by atoms with Gasteiger partial charge in [0.25, 0.3) is 0 Å². The van der Waals surface area contributed by atoms with E-state index in [1.54, 1.807) is 0 Å². The third-order valence-electron chi connectivity index (χ3n) is 3.22. The number of carboxylic acid groups (broad SMARTS) is 1. The number of benzene rings is 1. The molecule has 1 aromatic rings. The van der Waals surface area contributed by atoms with Crippen LogP contribution in [0.5, 0.6) is 0 Å². The standard InChI is InChI=1S/C14H16BrNO4/c15-10-5-2-1-4-9(10)8-11(14(18)19)16-13(17)12-6-3-7-20-12/h1-2,4-5,11-12H,3,6-8H2,(H,16,17)(H,18,19)/t11-,12+/m0/s1. The van der Waals surface area contributed by atoms with E-state index >= 15 is 0 Å². The number of hydrogen-bond donors (Lipinski definition) is 2. The van der Waals surface area contributed by atoms with E-state index in [1.807, 2.05) is 24.3 Å². The van der Waals surface area contributed by atoms with E-state index in [4.69, 9.17) is 4.74 Å². The zero-order valence-corrected chi connectivity index (χ0v) is 12.4. The van der Waals surface area contributed by atoms with E-state index < -0.39 is 18.1 Å². The lowest BCUT2D eigenvalue weighted by Gasteiger charge is -2.17. The summed E-state index contributed by atoms with van der Waals surface area (Å²) < 4.78 is 6.09. The average molecular weight is 342 g/mol. The van der Waals surface area contributed by atoms with Gasteiger partial charge in [-0.15, -0.1) is 0 Å². The summed E-state index contributed by atoms with van der Waals surface area (Å²) in [4.78, 5) is 23.2. The molecule has 1 saturated heterocycles. The van der Waals surface area contributed by atoms with Crippen molar-refractivity contribution < 1.29 is 19.4 Å². The van der Waals surface area contributed by atoms with Crippen LogP contribution in [0.25, 0.3) is 0 Å². The number of rotatable bonds is 5.